The molecule has 2 bridgehead atoms. The van der Waals surface area contributed by atoms with Crippen LogP contribution in [0.25, 0.3) is 0 Å². The molecule has 3 nitrogen and oxygen atoms in total. The van der Waals surface area contributed by atoms with Crippen molar-refractivity contribution in [2.24, 2.45) is 17.1 Å². The zero-order valence-corrected chi connectivity index (χ0v) is 9.37. The maximum atomic E-state index is 5.86. The predicted molar refractivity (Wildman–Crippen MR) is 59.6 cm³/mol. The van der Waals surface area contributed by atoms with Crippen LogP contribution in [0.15, 0.2) is 0 Å². The van der Waals surface area contributed by atoms with Gasteiger partial charge in [-0.15, -0.1) is 0 Å². The Labute approximate surface area is 91.7 Å². The number of nitrogens with two attached hydrogens (primary N) is 1. The molecule has 15 heavy (non-hydrogen) atoms. The molecule has 3 fully saturated rings. The second kappa shape index (κ2) is 3.72. The maximum absolute atomic E-state index is 5.86. The molecule has 1 aliphatic carbocycles. The number of rotatable bonds is 1. The van der Waals surface area contributed by atoms with Crippen LogP contribution in [0, 0.1) is 11.3 Å². The van der Waals surface area contributed by atoms with E-state index in [0.29, 0.717) is 24.1 Å². The molecule has 1 spiro atoms. The van der Waals surface area contributed by atoms with Crippen molar-refractivity contribution in [2.75, 3.05) is 19.7 Å². The fourth-order valence-corrected chi connectivity index (χ4v) is 4.05. The summed E-state index contributed by atoms with van der Waals surface area (Å²) in [5.41, 5.74) is 6.24. The van der Waals surface area contributed by atoms with Gasteiger partial charge in [0.05, 0.1) is 6.10 Å². The number of piperidine rings is 1. The van der Waals surface area contributed by atoms with Crippen LogP contribution in [0.2, 0.25) is 0 Å². The highest BCUT2D eigenvalue weighted by atomic mass is 16.5. The van der Waals surface area contributed by atoms with Crippen LogP contribution < -0.4 is 11.1 Å². The average molecular weight is 210 g/mol. The molecule has 4 atom stereocenters. The molecule has 2 saturated heterocycles. The summed E-state index contributed by atoms with van der Waals surface area (Å²) >= 11 is 0. The Kier molecular flexibility index (Phi) is 2.49. The van der Waals surface area contributed by atoms with Crippen LogP contribution in [0.4, 0.5) is 0 Å². The third kappa shape index (κ3) is 1.44. The quantitative estimate of drug-likeness (QED) is 0.675. The van der Waals surface area contributed by atoms with E-state index in [1.54, 1.807) is 0 Å². The summed E-state index contributed by atoms with van der Waals surface area (Å²) in [7, 11) is 0. The van der Waals surface area contributed by atoms with Crippen molar-refractivity contribution in [3.05, 3.63) is 0 Å². The number of fused-ring (bicyclic) bond motifs is 3. The van der Waals surface area contributed by atoms with E-state index in [2.05, 4.69) is 5.32 Å². The minimum Gasteiger partial charge on any atom is -0.376 e. The number of hydrogen-bond donors (Lipinski definition) is 2. The minimum absolute atomic E-state index is 0.314. The van der Waals surface area contributed by atoms with Gasteiger partial charge in [0.25, 0.3) is 0 Å². The molecule has 4 unspecified atom stereocenters. The molecule has 0 aromatic rings. The van der Waals surface area contributed by atoms with Gasteiger partial charge in [-0.3, -0.25) is 0 Å². The van der Waals surface area contributed by atoms with Crippen LogP contribution in [0.3, 0.4) is 0 Å². The van der Waals surface area contributed by atoms with Crippen molar-refractivity contribution in [2.45, 2.75) is 44.2 Å². The van der Waals surface area contributed by atoms with Gasteiger partial charge in [-0.05, 0) is 44.6 Å². The van der Waals surface area contributed by atoms with Gasteiger partial charge in [0.2, 0.25) is 0 Å². The molecular weight excluding hydrogens is 188 g/mol. The molecule has 0 aromatic carbocycles. The van der Waals surface area contributed by atoms with Crippen molar-refractivity contribution < 1.29 is 4.74 Å². The Morgan fingerprint density at radius 2 is 2.27 bits per heavy atom. The summed E-state index contributed by atoms with van der Waals surface area (Å²) in [4.78, 5) is 0. The summed E-state index contributed by atoms with van der Waals surface area (Å²) in [6.07, 6.45) is 7.00. The Hall–Kier alpha value is -0.120. The molecule has 0 aromatic heterocycles. The van der Waals surface area contributed by atoms with E-state index in [1.165, 1.54) is 38.6 Å². The molecule has 0 radical (unpaired) electrons. The largest absolute Gasteiger partial charge is 0.376 e. The number of hydrogen-bond acceptors (Lipinski definition) is 3. The van der Waals surface area contributed by atoms with Gasteiger partial charge in [0, 0.05) is 24.6 Å². The summed E-state index contributed by atoms with van der Waals surface area (Å²) in [6.45, 7) is 2.82. The lowest BCUT2D eigenvalue weighted by molar-refractivity contribution is -0.0109. The van der Waals surface area contributed by atoms with E-state index in [1.807, 2.05) is 0 Å². The second-order valence-electron chi connectivity index (χ2n) is 5.51. The zero-order valence-electron chi connectivity index (χ0n) is 9.37. The van der Waals surface area contributed by atoms with Crippen LogP contribution in [0.5, 0.6) is 0 Å². The fourth-order valence-electron chi connectivity index (χ4n) is 4.05. The fraction of sp³-hybridized carbons (Fsp3) is 1.00. The van der Waals surface area contributed by atoms with Gasteiger partial charge in [-0.1, -0.05) is 0 Å². The molecule has 0 amide bonds. The van der Waals surface area contributed by atoms with Gasteiger partial charge in [0.15, 0.2) is 0 Å². The molecule has 3 N–H and O–H groups in total. The molecule has 2 heterocycles. The third-order valence-corrected chi connectivity index (χ3v) is 4.97. The standard InChI is InChI=1S/C12H22N2O/c13-8-11-12(4-6-15-11)3-1-9-2-5-14-10(12)7-9/h9-11,14H,1-8,13H2. The first-order valence-electron chi connectivity index (χ1n) is 6.40. The van der Waals surface area contributed by atoms with E-state index in [9.17, 15) is 0 Å². The first-order chi connectivity index (χ1) is 7.35. The van der Waals surface area contributed by atoms with Gasteiger partial charge in [-0.25, -0.2) is 0 Å². The predicted octanol–water partition coefficient (Wildman–Crippen LogP) is 0.882. The molecular formula is C12H22N2O. The van der Waals surface area contributed by atoms with Crippen molar-refractivity contribution >= 4 is 0 Å². The summed E-state index contributed by atoms with van der Waals surface area (Å²) < 4.78 is 5.82. The topological polar surface area (TPSA) is 47.3 Å². The first-order valence-corrected chi connectivity index (χ1v) is 6.40. The lowest BCUT2D eigenvalue weighted by atomic mass is 9.61. The van der Waals surface area contributed by atoms with Gasteiger partial charge in [-0.2, -0.15) is 0 Å². The smallest absolute Gasteiger partial charge is 0.0769 e. The normalized spacial score (nSPS) is 49.8. The first kappa shape index (κ1) is 10.1. The monoisotopic (exact) mass is 210 g/mol. The second-order valence-corrected chi connectivity index (χ2v) is 5.51. The molecule has 1 saturated carbocycles. The van der Waals surface area contributed by atoms with E-state index >= 15 is 0 Å². The van der Waals surface area contributed by atoms with Crippen LogP contribution >= 0.6 is 0 Å². The van der Waals surface area contributed by atoms with Crippen molar-refractivity contribution in [1.82, 2.24) is 5.32 Å². The SMILES string of the molecule is NCC1OCCC12CCC1CCNC2C1. The molecule has 3 aliphatic rings. The van der Waals surface area contributed by atoms with Gasteiger partial charge in [0.1, 0.15) is 0 Å². The number of ether oxygens (including phenoxy) is 1. The highest BCUT2D eigenvalue weighted by Crippen LogP contribution is 2.50. The van der Waals surface area contributed by atoms with Gasteiger partial charge >= 0.3 is 0 Å². The molecule has 86 valence electrons. The zero-order chi connectivity index (χ0) is 10.3. The molecule has 3 heteroatoms. The van der Waals surface area contributed by atoms with E-state index in [0.717, 1.165) is 12.5 Å². The Bertz CT molecular complexity index is 246. The Morgan fingerprint density at radius 1 is 1.33 bits per heavy atom. The van der Waals surface area contributed by atoms with Crippen LogP contribution in [0.1, 0.15) is 32.1 Å². The lowest BCUT2D eigenvalue weighted by Crippen LogP contribution is -2.57. The van der Waals surface area contributed by atoms with E-state index in [-0.39, 0.29) is 0 Å². The van der Waals surface area contributed by atoms with Crippen molar-refractivity contribution in [3.8, 4) is 0 Å². The van der Waals surface area contributed by atoms with Crippen LogP contribution in [-0.2, 0) is 4.74 Å². The summed E-state index contributed by atoms with van der Waals surface area (Å²) in [5, 5.41) is 3.71. The Morgan fingerprint density at radius 3 is 3.13 bits per heavy atom. The molecule has 3 rings (SSSR count). The highest BCUT2D eigenvalue weighted by Gasteiger charge is 2.52. The van der Waals surface area contributed by atoms with E-state index < -0.39 is 0 Å². The minimum atomic E-state index is 0.314. The third-order valence-electron chi connectivity index (χ3n) is 4.97. The average Bonchev–Trinajstić information content (AvgIpc) is 2.69. The Balaban J connectivity index is 1.84. The number of nitrogens with one attached hydrogen (secondary N) is 1. The molecule has 2 aliphatic heterocycles. The van der Waals surface area contributed by atoms with E-state index in [4.69, 9.17) is 10.5 Å². The van der Waals surface area contributed by atoms with Gasteiger partial charge < -0.3 is 15.8 Å². The summed E-state index contributed by atoms with van der Waals surface area (Å²) in [5.74, 6) is 0.973. The van der Waals surface area contributed by atoms with Crippen molar-refractivity contribution in [3.63, 3.8) is 0 Å². The lowest BCUT2D eigenvalue weighted by Gasteiger charge is -2.50. The van der Waals surface area contributed by atoms with Crippen LogP contribution in [-0.4, -0.2) is 31.8 Å². The van der Waals surface area contributed by atoms with Crippen molar-refractivity contribution in [1.29, 1.82) is 0 Å². The maximum Gasteiger partial charge on any atom is 0.0769 e. The highest BCUT2D eigenvalue weighted by molar-refractivity contribution is 5.05. The summed E-state index contributed by atoms with van der Waals surface area (Å²) in [6, 6.07) is 0.682.